The van der Waals surface area contributed by atoms with E-state index in [1.807, 2.05) is 6.07 Å². The molecule has 2 saturated heterocycles. The minimum absolute atomic E-state index is 0.0456. The van der Waals surface area contributed by atoms with Gasteiger partial charge in [-0.05, 0) is 12.1 Å². The van der Waals surface area contributed by atoms with E-state index in [9.17, 15) is 14.4 Å². The van der Waals surface area contributed by atoms with Gasteiger partial charge in [0.15, 0.2) is 0 Å². The van der Waals surface area contributed by atoms with Gasteiger partial charge in [0.2, 0.25) is 12.3 Å². The highest BCUT2D eigenvalue weighted by Gasteiger charge is 2.24. The van der Waals surface area contributed by atoms with Crippen molar-refractivity contribution < 1.29 is 14.4 Å². The molecule has 0 aromatic carbocycles. The van der Waals surface area contributed by atoms with Crippen LogP contribution in [0.3, 0.4) is 0 Å². The van der Waals surface area contributed by atoms with Crippen LogP contribution in [0.4, 0.5) is 5.69 Å². The fraction of sp³-hybridized carbons (Fsp3) is 0.529. The summed E-state index contributed by atoms with van der Waals surface area (Å²) in [4.78, 5) is 46.4. The lowest BCUT2D eigenvalue weighted by atomic mass is 10.2. The maximum atomic E-state index is 12.5. The van der Waals surface area contributed by atoms with E-state index in [-0.39, 0.29) is 11.8 Å². The number of carbonyl (C=O) groups excluding carboxylic acids is 3. The van der Waals surface area contributed by atoms with E-state index in [0.29, 0.717) is 45.0 Å². The van der Waals surface area contributed by atoms with Gasteiger partial charge in [0.05, 0.1) is 11.9 Å². The van der Waals surface area contributed by atoms with Gasteiger partial charge in [-0.1, -0.05) is 0 Å². The van der Waals surface area contributed by atoms with Crippen molar-refractivity contribution in [1.82, 2.24) is 19.7 Å². The summed E-state index contributed by atoms with van der Waals surface area (Å²) in [6.07, 6.45) is 2.60. The lowest BCUT2D eigenvalue weighted by Gasteiger charge is -2.34. The third kappa shape index (κ3) is 3.89. The molecule has 0 aliphatic carbocycles. The Morgan fingerprint density at radius 1 is 0.960 bits per heavy atom. The van der Waals surface area contributed by atoms with Crippen molar-refractivity contribution in [1.29, 1.82) is 0 Å². The van der Waals surface area contributed by atoms with Gasteiger partial charge in [0, 0.05) is 59.3 Å². The van der Waals surface area contributed by atoms with Crippen LogP contribution < -0.4 is 4.90 Å². The van der Waals surface area contributed by atoms with Crippen LogP contribution >= 0.6 is 0 Å². The van der Waals surface area contributed by atoms with E-state index in [1.165, 1.54) is 0 Å². The largest absolute Gasteiger partial charge is 0.367 e. The molecule has 8 heteroatoms. The molecule has 0 bridgehead atoms. The molecular weight excluding hydrogens is 322 g/mol. The first kappa shape index (κ1) is 17.2. The number of hydrogen-bond acceptors (Lipinski definition) is 5. The third-order valence-electron chi connectivity index (χ3n) is 4.81. The van der Waals surface area contributed by atoms with Gasteiger partial charge in [-0.15, -0.1) is 0 Å². The molecule has 1 aromatic heterocycles. The minimum Gasteiger partial charge on any atom is -0.367 e. The summed E-state index contributed by atoms with van der Waals surface area (Å²) in [5.41, 5.74) is 1.38. The molecular formula is C17H23N5O3. The Hall–Kier alpha value is -2.64. The number of nitrogens with zero attached hydrogens (tertiary/aromatic N) is 5. The normalized spacial score (nSPS) is 18.3. The standard InChI is InChI=1S/C17H23N5O3/c1-14(24)20-8-10-22(11-9-20)17(25)16-3-2-15(12-18-16)21-6-4-19(13-23)5-7-21/h2-3,12-13H,4-11H2,1H3. The molecule has 0 radical (unpaired) electrons. The highest BCUT2D eigenvalue weighted by Crippen LogP contribution is 2.16. The Morgan fingerprint density at radius 2 is 1.60 bits per heavy atom. The summed E-state index contributed by atoms with van der Waals surface area (Å²) in [5.74, 6) is -0.0511. The molecule has 2 aliphatic rings. The highest BCUT2D eigenvalue weighted by atomic mass is 16.2. The molecule has 3 amide bonds. The lowest BCUT2D eigenvalue weighted by Crippen LogP contribution is -2.50. The molecule has 25 heavy (non-hydrogen) atoms. The van der Waals surface area contributed by atoms with E-state index >= 15 is 0 Å². The SMILES string of the molecule is CC(=O)N1CCN(C(=O)c2ccc(N3CCN(C=O)CC3)cn2)CC1. The molecule has 0 spiro atoms. The number of amides is 3. The van der Waals surface area contributed by atoms with Gasteiger partial charge in [-0.3, -0.25) is 14.4 Å². The Balaban J connectivity index is 1.58. The Labute approximate surface area is 147 Å². The monoisotopic (exact) mass is 345 g/mol. The quantitative estimate of drug-likeness (QED) is 0.701. The van der Waals surface area contributed by atoms with Gasteiger partial charge in [0.1, 0.15) is 5.69 Å². The second kappa shape index (κ2) is 7.50. The van der Waals surface area contributed by atoms with Crippen molar-refractivity contribution in [3.05, 3.63) is 24.0 Å². The summed E-state index contributed by atoms with van der Waals surface area (Å²) in [5, 5.41) is 0. The van der Waals surface area contributed by atoms with Crippen molar-refractivity contribution in [2.24, 2.45) is 0 Å². The van der Waals surface area contributed by atoms with Gasteiger partial charge in [-0.2, -0.15) is 0 Å². The number of aromatic nitrogens is 1. The number of carbonyl (C=O) groups is 3. The van der Waals surface area contributed by atoms with E-state index < -0.39 is 0 Å². The van der Waals surface area contributed by atoms with Crippen molar-refractivity contribution in [3.63, 3.8) is 0 Å². The number of rotatable bonds is 3. The molecule has 2 fully saturated rings. The summed E-state index contributed by atoms with van der Waals surface area (Å²) in [6.45, 7) is 6.69. The molecule has 2 aliphatic heterocycles. The zero-order valence-corrected chi connectivity index (χ0v) is 14.4. The fourth-order valence-corrected chi connectivity index (χ4v) is 3.17. The van der Waals surface area contributed by atoms with Crippen LogP contribution in [0.2, 0.25) is 0 Å². The zero-order chi connectivity index (χ0) is 17.8. The average molecular weight is 345 g/mol. The highest BCUT2D eigenvalue weighted by molar-refractivity contribution is 5.92. The summed E-state index contributed by atoms with van der Waals surface area (Å²) in [7, 11) is 0. The summed E-state index contributed by atoms with van der Waals surface area (Å²) in [6, 6.07) is 3.66. The molecule has 0 saturated carbocycles. The second-order valence-corrected chi connectivity index (χ2v) is 6.33. The fourth-order valence-electron chi connectivity index (χ4n) is 3.17. The van der Waals surface area contributed by atoms with Gasteiger partial charge in [-0.25, -0.2) is 4.98 Å². The molecule has 8 nitrogen and oxygen atoms in total. The third-order valence-corrected chi connectivity index (χ3v) is 4.81. The van der Waals surface area contributed by atoms with Crippen molar-refractivity contribution in [3.8, 4) is 0 Å². The molecule has 0 atom stereocenters. The zero-order valence-electron chi connectivity index (χ0n) is 14.4. The van der Waals surface area contributed by atoms with Crippen LogP contribution in [-0.2, 0) is 9.59 Å². The van der Waals surface area contributed by atoms with Crippen molar-refractivity contribution in [2.75, 3.05) is 57.3 Å². The van der Waals surface area contributed by atoms with Crippen molar-refractivity contribution in [2.45, 2.75) is 6.92 Å². The van der Waals surface area contributed by atoms with Gasteiger partial charge in [0.25, 0.3) is 5.91 Å². The molecule has 0 unspecified atom stereocenters. The Kier molecular flexibility index (Phi) is 5.16. The smallest absolute Gasteiger partial charge is 0.272 e. The molecule has 3 rings (SSSR count). The van der Waals surface area contributed by atoms with E-state index in [2.05, 4.69) is 9.88 Å². The number of hydrogen-bond donors (Lipinski definition) is 0. The molecule has 134 valence electrons. The maximum Gasteiger partial charge on any atom is 0.272 e. The summed E-state index contributed by atoms with van der Waals surface area (Å²) >= 11 is 0. The van der Waals surface area contributed by atoms with Crippen LogP contribution in [0.1, 0.15) is 17.4 Å². The van der Waals surface area contributed by atoms with Crippen LogP contribution in [0.5, 0.6) is 0 Å². The maximum absolute atomic E-state index is 12.5. The van der Waals surface area contributed by atoms with Crippen LogP contribution in [0.25, 0.3) is 0 Å². The number of piperazine rings is 2. The van der Waals surface area contributed by atoms with E-state index in [0.717, 1.165) is 25.2 Å². The molecule has 1 aromatic rings. The van der Waals surface area contributed by atoms with Gasteiger partial charge < -0.3 is 19.6 Å². The van der Waals surface area contributed by atoms with E-state index in [4.69, 9.17) is 0 Å². The Morgan fingerprint density at radius 3 is 2.12 bits per heavy atom. The topological polar surface area (TPSA) is 77.1 Å². The number of anilines is 1. The van der Waals surface area contributed by atoms with E-state index in [1.54, 1.807) is 33.9 Å². The first-order chi connectivity index (χ1) is 12.1. The minimum atomic E-state index is -0.0967. The molecule has 3 heterocycles. The molecule has 0 N–H and O–H groups in total. The predicted octanol–water partition coefficient (Wildman–Crippen LogP) is -0.336. The van der Waals surface area contributed by atoms with Crippen molar-refractivity contribution >= 4 is 23.9 Å². The first-order valence-corrected chi connectivity index (χ1v) is 8.53. The first-order valence-electron chi connectivity index (χ1n) is 8.53. The average Bonchev–Trinajstić information content (AvgIpc) is 2.67. The van der Waals surface area contributed by atoms with Gasteiger partial charge >= 0.3 is 0 Å². The predicted molar refractivity (Wildman–Crippen MR) is 92.2 cm³/mol. The second-order valence-electron chi connectivity index (χ2n) is 6.33. The number of pyridine rings is 1. The van der Waals surface area contributed by atoms with Crippen LogP contribution in [0.15, 0.2) is 18.3 Å². The van der Waals surface area contributed by atoms with Crippen LogP contribution in [-0.4, -0.2) is 90.3 Å². The van der Waals surface area contributed by atoms with Crippen LogP contribution in [0, 0.1) is 0 Å². The summed E-state index contributed by atoms with van der Waals surface area (Å²) < 4.78 is 0. The lowest BCUT2D eigenvalue weighted by molar-refractivity contribution is -0.130. The Bertz CT molecular complexity index is 632.